The molecule has 2 aromatic rings. The van der Waals surface area contributed by atoms with Gasteiger partial charge in [-0.3, -0.25) is 4.72 Å². The Morgan fingerprint density at radius 1 is 1.21 bits per heavy atom. The SMILES string of the molecule is C=C(O)c1cc(S(=O)(=O)Nc2ccc(CCCC)cc2)ccc1Br. The van der Waals surface area contributed by atoms with Crippen molar-refractivity contribution in [2.75, 3.05) is 4.72 Å². The van der Waals surface area contributed by atoms with Gasteiger partial charge in [-0.2, -0.15) is 0 Å². The maximum atomic E-state index is 12.5. The van der Waals surface area contributed by atoms with Crippen molar-refractivity contribution in [3.63, 3.8) is 0 Å². The van der Waals surface area contributed by atoms with Crippen molar-refractivity contribution in [3.05, 3.63) is 64.6 Å². The molecule has 0 aliphatic heterocycles. The molecule has 0 saturated carbocycles. The van der Waals surface area contributed by atoms with Gasteiger partial charge in [0.05, 0.1) is 4.90 Å². The van der Waals surface area contributed by atoms with Crippen LogP contribution >= 0.6 is 15.9 Å². The van der Waals surface area contributed by atoms with E-state index in [-0.39, 0.29) is 10.7 Å². The number of hydrogen-bond donors (Lipinski definition) is 2. The van der Waals surface area contributed by atoms with E-state index < -0.39 is 10.0 Å². The fourth-order valence-electron chi connectivity index (χ4n) is 2.23. The number of hydrogen-bond acceptors (Lipinski definition) is 3. The number of sulfonamides is 1. The molecule has 0 aromatic heterocycles. The standard InChI is InChI=1S/C18H20BrNO3S/c1-3-4-5-14-6-8-15(9-7-14)20-24(22,23)16-10-11-18(19)17(12-16)13(2)21/h6-12,20-21H,2-5H2,1H3. The molecule has 2 N–H and O–H groups in total. The van der Waals surface area contributed by atoms with Gasteiger partial charge < -0.3 is 5.11 Å². The quantitative estimate of drug-likeness (QED) is 0.623. The van der Waals surface area contributed by atoms with Crippen LogP contribution in [0, 0.1) is 0 Å². The van der Waals surface area contributed by atoms with Crippen LogP contribution < -0.4 is 4.72 Å². The Morgan fingerprint density at radius 3 is 2.46 bits per heavy atom. The molecule has 128 valence electrons. The molecular formula is C18H20BrNO3S. The highest BCUT2D eigenvalue weighted by Gasteiger charge is 2.16. The predicted octanol–water partition coefficient (Wildman–Crippen LogP) is 5.12. The zero-order valence-electron chi connectivity index (χ0n) is 13.4. The molecule has 6 heteroatoms. The first-order chi connectivity index (χ1) is 11.3. The number of anilines is 1. The lowest BCUT2D eigenvalue weighted by atomic mass is 10.1. The fraction of sp³-hybridized carbons (Fsp3) is 0.222. The lowest BCUT2D eigenvalue weighted by molar-refractivity contribution is 0.513. The van der Waals surface area contributed by atoms with E-state index in [2.05, 4.69) is 34.2 Å². The second-order valence-electron chi connectivity index (χ2n) is 5.49. The number of rotatable bonds is 7. The summed E-state index contributed by atoms with van der Waals surface area (Å²) in [5.41, 5.74) is 2.03. The lowest BCUT2D eigenvalue weighted by Gasteiger charge is -2.11. The third-order valence-corrected chi connectivity index (χ3v) is 5.65. The summed E-state index contributed by atoms with van der Waals surface area (Å²) < 4.78 is 28.1. The highest BCUT2D eigenvalue weighted by Crippen LogP contribution is 2.26. The number of aryl methyl sites for hydroxylation is 1. The molecular weight excluding hydrogens is 390 g/mol. The molecule has 0 fully saturated rings. The van der Waals surface area contributed by atoms with E-state index in [4.69, 9.17) is 0 Å². The Balaban J connectivity index is 2.22. The van der Waals surface area contributed by atoms with Crippen LogP contribution in [0.25, 0.3) is 5.76 Å². The van der Waals surface area contributed by atoms with Crippen LogP contribution in [0.15, 0.2) is 58.4 Å². The first-order valence-corrected chi connectivity index (χ1v) is 9.90. The molecule has 0 unspecified atom stereocenters. The number of aliphatic hydroxyl groups is 1. The predicted molar refractivity (Wildman–Crippen MR) is 102 cm³/mol. The summed E-state index contributed by atoms with van der Waals surface area (Å²) in [7, 11) is -3.74. The van der Waals surface area contributed by atoms with E-state index in [1.165, 1.54) is 17.7 Å². The highest BCUT2D eigenvalue weighted by molar-refractivity contribution is 9.10. The van der Waals surface area contributed by atoms with Gasteiger partial charge in [-0.15, -0.1) is 0 Å². The van der Waals surface area contributed by atoms with E-state index >= 15 is 0 Å². The third-order valence-electron chi connectivity index (χ3n) is 3.58. The molecule has 0 spiro atoms. The summed E-state index contributed by atoms with van der Waals surface area (Å²) in [4.78, 5) is 0.0611. The van der Waals surface area contributed by atoms with Crippen LogP contribution in [0.4, 0.5) is 5.69 Å². The number of benzene rings is 2. The van der Waals surface area contributed by atoms with Crippen LogP contribution in [0.2, 0.25) is 0 Å². The Bertz CT molecular complexity index is 830. The first kappa shape index (κ1) is 18.5. The maximum absolute atomic E-state index is 12.5. The zero-order chi connectivity index (χ0) is 17.7. The second kappa shape index (κ2) is 7.85. The summed E-state index contributed by atoms with van der Waals surface area (Å²) in [5.74, 6) is -0.195. The average Bonchev–Trinajstić information content (AvgIpc) is 2.54. The molecule has 0 bridgehead atoms. The summed E-state index contributed by atoms with van der Waals surface area (Å²) in [6.45, 7) is 5.57. The van der Waals surface area contributed by atoms with E-state index in [0.29, 0.717) is 15.7 Å². The van der Waals surface area contributed by atoms with Gasteiger partial charge in [0, 0.05) is 15.7 Å². The molecule has 4 nitrogen and oxygen atoms in total. The monoisotopic (exact) mass is 409 g/mol. The average molecular weight is 410 g/mol. The summed E-state index contributed by atoms with van der Waals surface area (Å²) >= 11 is 3.26. The highest BCUT2D eigenvalue weighted by atomic mass is 79.9. The van der Waals surface area contributed by atoms with Crippen molar-refractivity contribution < 1.29 is 13.5 Å². The topological polar surface area (TPSA) is 66.4 Å². The van der Waals surface area contributed by atoms with Gasteiger partial charge in [-0.1, -0.05) is 48.0 Å². The molecule has 24 heavy (non-hydrogen) atoms. The molecule has 0 aliphatic carbocycles. The van der Waals surface area contributed by atoms with Crippen molar-refractivity contribution in [2.45, 2.75) is 31.1 Å². The third kappa shape index (κ3) is 4.61. The minimum atomic E-state index is -3.74. The van der Waals surface area contributed by atoms with Gasteiger partial charge in [-0.25, -0.2) is 8.42 Å². The van der Waals surface area contributed by atoms with E-state index in [0.717, 1.165) is 19.3 Å². The van der Waals surface area contributed by atoms with Gasteiger partial charge >= 0.3 is 0 Å². The number of halogens is 1. The smallest absolute Gasteiger partial charge is 0.261 e. The lowest BCUT2D eigenvalue weighted by Crippen LogP contribution is -2.13. The van der Waals surface area contributed by atoms with Crippen LogP contribution in [0.5, 0.6) is 0 Å². The number of aliphatic hydroxyl groups excluding tert-OH is 1. The molecule has 2 rings (SSSR count). The Kier molecular flexibility index (Phi) is 6.07. The Hall–Kier alpha value is -1.79. The summed E-state index contributed by atoms with van der Waals surface area (Å²) in [6, 6.07) is 11.8. The second-order valence-corrected chi connectivity index (χ2v) is 8.03. The van der Waals surface area contributed by atoms with Crippen molar-refractivity contribution in [2.24, 2.45) is 0 Å². The number of nitrogens with one attached hydrogen (secondary N) is 1. The van der Waals surface area contributed by atoms with Crippen LogP contribution in [-0.2, 0) is 16.4 Å². The van der Waals surface area contributed by atoms with Crippen molar-refractivity contribution in [1.29, 1.82) is 0 Å². The van der Waals surface area contributed by atoms with E-state index in [1.807, 2.05) is 12.1 Å². The Morgan fingerprint density at radius 2 is 1.88 bits per heavy atom. The Labute approximate surface area is 151 Å². The summed E-state index contributed by atoms with van der Waals surface area (Å²) in [6.07, 6.45) is 3.21. The van der Waals surface area contributed by atoms with Gasteiger partial charge in [0.1, 0.15) is 5.76 Å². The van der Waals surface area contributed by atoms with Crippen LogP contribution in [0.3, 0.4) is 0 Å². The minimum absolute atomic E-state index is 0.0611. The largest absolute Gasteiger partial charge is 0.508 e. The van der Waals surface area contributed by atoms with E-state index in [9.17, 15) is 13.5 Å². The zero-order valence-corrected chi connectivity index (χ0v) is 15.8. The first-order valence-electron chi connectivity index (χ1n) is 7.63. The molecule has 0 saturated heterocycles. The van der Waals surface area contributed by atoms with Crippen molar-refractivity contribution in [3.8, 4) is 0 Å². The van der Waals surface area contributed by atoms with E-state index in [1.54, 1.807) is 18.2 Å². The minimum Gasteiger partial charge on any atom is -0.508 e. The van der Waals surface area contributed by atoms with Gasteiger partial charge in [0.2, 0.25) is 0 Å². The molecule has 0 aliphatic rings. The molecule has 0 radical (unpaired) electrons. The van der Waals surface area contributed by atoms with Crippen molar-refractivity contribution in [1.82, 2.24) is 0 Å². The van der Waals surface area contributed by atoms with Crippen LogP contribution in [-0.4, -0.2) is 13.5 Å². The van der Waals surface area contributed by atoms with Gasteiger partial charge in [0.15, 0.2) is 0 Å². The summed E-state index contributed by atoms with van der Waals surface area (Å²) in [5, 5.41) is 9.55. The number of unbranched alkanes of at least 4 members (excludes halogenated alkanes) is 1. The molecule has 0 atom stereocenters. The molecule has 2 aromatic carbocycles. The molecule has 0 amide bonds. The normalized spacial score (nSPS) is 11.2. The van der Waals surface area contributed by atoms with Crippen LogP contribution in [0.1, 0.15) is 30.9 Å². The van der Waals surface area contributed by atoms with Gasteiger partial charge in [0.25, 0.3) is 10.0 Å². The van der Waals surface area contributed by atoms with Crippen molar-refractivity contribution >= 4 is 37.4 Å². The fourth-order valence-corrected chi connectivity index (χ4v) is 3.79. The maximum Gasteiger partial charge on any atom is 0.261 e. The van der Waals surface area contributed by atoms with Gasteiger partial charge in [-0.05, 0) is 48.7 Å². The molecule has 0 heterocycles.